The molecule has 2 aromatic rings. The summed E-state index contributed by atoms with van der Waals surface area (Å²) < 4.78 is 27.4. The Hall–Kier alpha value is -3.15. The molecular formula is C24H28N4O3S. The number of anilines is 2. The van der Waals surface area contributed by atoms with Crippen LogP contribution in [0.25, 0.3) is 6.08 Å². The maximum Gasteiger partial charge on any atom is 0.266 e. The molecule has 7 nitrogen and oxygen atoms in total. The van der Waals surface area contributed by atoms with E-state index >= 15 is 0 Å². The van der Waals surface area contributed by atoms with Crippen molar-refractivity contribution in [1.82, 2.24) is 4.31 Å². The summed E-state index contributed by atoms with van der Waals surface area (Å²) in [5, 5.41) is 12.3. The molecule has 32 heavy (non-hydrogen) atoms. The van der Waals surface area contributed by atoms with E-state index in [1.807, 2.05) is 24.3 Å². The predicted molar refractivity (Wildman–Crippen MR) is 127 cm³/mol. The monoisotopic (exact) mass is 452 g/mol. The van der Waals surface area contributed by atoms with Gasteiger partial charge in [-0.05, 0) is 42.7 Å². The number of carbonyl (C=O) groups excluding carboxylic acids is 1. The van der Waals surface area contributed by atoms with Gasteiger partial charge in [0.25, 0.3) is 5.91 Å². The van der Waals surface area contributed by atoms with Crippen molar-refractivity contribution in [3.8, 4) is 6.07 Å². The molecule has 0 aromatic heterocycles. The van der Waals surface area contributed by atoms with Gasteiger partial charge in [-0.15, -0.1) is 0 Å². The summed E-state index contributed by atoms with van der Waals surface area (Å²) in [4.78, 5) is 15.2. The van der Waals surface area contributed by atoms with Crippen molar-refractivity contribution in [2.24, 2.45) is 0 Å². The normalized spacial score (nSPS) is 14.4. The number of sulfonamides is 1. The van der Waals surface area contributed by atoms with Crippen LogP contribution in [0.2, 0.25) is 0 Å². The number of amides is 1. The van der Waals surface area contributed by atoms with Crippen LogP contribution in [0.15, 0.2) is 59.0 Å². The molecule has 0 unspecified atom stereocenters. The maximum atomic E-state index is 13.0. The third-order valence-electron chi connectivity index (χ3n) is 5.48. The minimum Gasteiger partial charge on any atom is -0.370 e. The Kier molecular flexibility index (Phi) is 7.67. The molecular weight excluding hydrogens is 424 g/mol. The number of hydrogen-bond donors (Lipinski definition) is 1. The van der Waals surface area contributed by atoms with Crippen LogP contribution in [-0.4, -0.2) is 44.8 Å². The molecule has 0 saturated carbocycles. The highest BCUT2D eigenvalue weighted by molar-refractivity contribution is 7.89. The van der Waals surface area contributed by atoms with Gasteiger partial charge in [0.05, 0.1) is 16.3 Å². The second-order valence-electron chi connectivity index (χ2n) is 7.50. The average Bonchev–Trinajstić information content (AvgIpc) is 3.33. The second-order valence-corrected chi connectivity index (χ2v) is 9.43. The number of nitriles is 1. The fraction of sp³-hybridized carbons (Fsp3) is 0.333. The molecule has 0 radical (unpaired) electrons. The average molecular weight is 453 g/mol. The summed E-state index contributed by atoms with van der Waals surface area (Å²) in [5.74, 6) is -0.575. The summed E-state index contributed by atoms with van der Waals surface area (Å²) >= 11 is 0. The molecule has 0 bridgehead atoms. The Labute approximate surface area is 190 Å². The van der Waals surface area contributed by atoms with E-state index in [9.17, 15) is 18.5 Å². The zero-order valence-corrected chi connectivity index (χ0v) is 19.2. The Balaban J connectivity index is 1.99. The van der Waals surface area contributed by atoms with Crippen LogP contribution < -0.4 is 10.2 Å². The van der Waals surface area contributed by atoms with Crippen LogP contribution in [0.1, 0.15) is 32.3 Å². The Bertz CT molecular complexity index is 1130. The maximum absolute atomic E-state index is 13.0. The standard InChI is InChI=1S/C24H28N4O3S/c1-3-28(4-2)32(30,31)21-12-13-23(27-14-8-9-15-27)22(17-21)26-24(29)20(18-25)16-19-10-6-5-7-11-19/h5-7,10-13,16-17H,3-4,8-9,14-15H2,1-2H3,(H,26,29)/b20-16+. The summed E-state index contributed by atoms with van der Waals surface area (Å²) in [7, 11) is -3.69. The number of nitrogens with one attached hydrogen (secondary N) is 1. The molecule has 1 N–H and O–H groups in total. The summed E-state index contributed by atoms with van der Waals surface area (Å²) in [5.41, 5.74) is 1.82. The molecule has 1 heterocycles. The lowest BCUT2D eigenvalue weighted by molar-refractivity contribution is -0.112. The largest absolute Gasteiger partial charge is 0.370 e. The quantitative estimate of drug-likeness (QED) is 0.485. The Morgan fingerprint density at radius 3 is 2.38 bits per heavy atom. The first-order valence-electron chi connectivity index (χ1n) is 10.8. The van der Waals surface area contributed by atoms with Crippen LogP contribution in [0, 0.1) is 11.3 Å². The number of nitrogens with zero attached hydrogens (tertiary/aromatic N) is 3. The van der Waals surface area contributed by atoms with Gasteiger partial charge >= 0.3 is 0 Å². The first kappa shape index (κ1) is 23.5. The van der Waals surface area contributed by atoms with Crippen molar-refractivity contribution in [3.63, 3.8) is 0 Å². The third-order valence-corrected chi connectivity index (χ3v) is 7.53. The van der Waals surface area contributed by atoms with Gasteiger partial charge in [0.1, 0.15) is 11.6 Å². The smallest absolute Gasteiger partial charge is 0.266 e. The van der Waals surface area contributed by atoms with E-state index in [-0.39, 0.29) is 10.5 Å². The van der Waals surface area contributed by atoms with Crippen LogP contribution in [0.4, 0.5) is 11.4 Å². The first-order valence-corrected chi connectivity index (χ1v) is 12.2. The van der Waals surface area contributed by atoms with E-state index < -0.39 is 15.9 Å². The number of carbonyl (C=O) groups is 1. The van der Waals surface area contributed by atoms with Crippen LogP contribution in [0.5, 0.6) is 0 Å². The molecule has 1 fully saturated rings. The minimum absolute atomic E-state index is 0.0550. The highest BCUT2D eigenvalue weighted by atomic mass is 32.2. The van der Waals surface area contributed by atoms with Crippen LogP contribution >= 0.6 is 0 Å². The minimum atomic E-state index is -3.69. The molecule has 0 aliphatic carbocycles. The second kappa shape index (κ2) is 10.4. The number of benzene rings is 2. The van der Waals surface area contributed by atoms with E-state index in [0.717, 1.165) is 37.2 Å². The number of rotatable bonds is 8. The predicted octanol–water partition coefficient (Wildman–Crippen LogP) is 3.86. The lowest BCUT2D eigenvalue weighted by Gasteiger charge is -2.24. The molecule has 8 heteroatoms. The summed E-state index contributed by atoms with van der Waals surface area (Å²) in [6.45, 7) is 5.94. The van der Waals surface area contributed by atoms with Gasteiger partial charge in [-0.3, -0.25) is 4.79 Å². The highest BCUT2D eigenvalue weighted by Crippen LogP contribution is 2.32. The van der Waals surface area contributed by atoms with Crippen molar-refractivity contribution in [1.29, 1.82) is 5.26 Å². The van der Waals surface area contributed by atoms with Gasteiger partial charge in [0.2, 0.25) is 10.0 Å². The zero-order valence-electron chi connectivity index (χ0n) is 18.4. The lowest BCUT2D eigenvalue weighted by atomic mass is 10.1. The van der Waals surface area contributed by atoms with Crippen LogP contribution in [-0.2, 0) is 14.8 Å². The fourth-order valence-electron chi connectivity index (χ4n) is 3.78. The van der Waals surface area contributed by atoms with E-state index in [0.29, 0.717) is 18.8 Å². The van der Waals surface area contributed by atoms with Gasteiger partial charge in [-0.1, -0.05) is 44.2 Å². The third kappa shape index (κ3) is 5.18. The Morgan fingerprint density at radius 1 is 1.12 bits per heavy atom. The van der Waals surface area contributed by atoms with Crippen LogP contribution in [0.3, 0.4) is 0 Å². The summed E-state index contributed by atoms with van der Waals surface area (Å²) in [6.07, 6.45) is 3.58. The van der Waals surface area contributed by atoms with Gasteiger partial charge in [-0.2, -0.15) is 9.57 Å². The Morgan fingerprint density at radius 2 is 1.78 bits per heavy atom. The van der Waals surface area contributed by atoms with E-state index in [1.165, 1.54) is 16.4 Å². The van der Waals surface area contributed by atoms with Crippen molar-refractivity contribution < 1.29 is 13.2 Å². The van der Waals surface area contributed by atoms with Crippen molar-refractivity contribution in [3.05, 3.63) is 59.7 Å². The number of hydrogen-bond acceptors (Lipinski definition) is 5. The first-order chi connectivity index (χ1) is 15.4. The lowest BCUT2D eigenvalue weighted by Crippen LogP contribution is -2.31. The summed E-state index contributed by atoms with van der Waals surface area (Å²) in [6, 6.07) is 15.9. The van der Waals surface area contributed by atoms with Gasteiger partial charge in [0, 0.05) is 26.2 Å². The van der Waals surface area contributed by atoms with Gasteiger partial charge in [0.15, 0.2) is 0 Å². The van der Waals surface area contributed by atoms with Gasteiger partial charge < -0.3 is 10.2 Å². The SMILES string of the molecule is CCN(CC)S(=O)(=O)c1ccc(N2CCCC2)c(NC(=O)/C(C#N)=C/c2ccccc2)c1. The van der Waals surface area contributed by atoms with Crippen molar-refractivity contribution >= 4 is 33.4 Å². The highest BCUT2D eigenvalue weighted by Gasteiger charge is 2.25. The molecule has 168 valence electrons. The molecule has 1 aliphatic heterocycles. The topological polar surface area (TPSA) is 93.5 Å². The van der Waals surface area contributed by atoms with E-state index in [2.05, 4.69) is 10.2 Å². The molecule has 2 aromatic carbocycles. The van der Waals surface area contributed by atoms with Gasteiger partial charge in [-0.25, -0.2) is 8.42 Å². The molecule has 1 saturated heterocycles. The molecule has 1 aliphatic rings. The molecule has 3 rings (SSSR count). The zero-order chi connectivity index (χ0) is 23.1. The van der Waals surface area contributed by atoms with E-state index in [4.69, 9.17) is 0 Å². The van der Waals surface area contributed by atoms with E-state index in [1.54, 1.807) is 38.1 Å². The fourth-order valence-corrected chi connectivity index (χ4v) is 5.26. The van der Waals surface area contributed by atoms with Crippen molar-refractivity contribution in [2.45, 2.75) is 31.6 Å². The molecule has 0 spiro atoms. The molecule has 0 atom stereocenters. The van der Waals surface area contributed by atoms with Crippen molar-refractivity contribution in [2.75, 3.05) is 36.4 Å². The molecule has 1 amide bonds.